The topological polar surface area (TPSA) is 104 Å². The van der Waals surface area contributed by atoms with Gasteiger partial charge in [0.05, 0.1) is 29.5 Å². The van der Waals surface area contributed by atoms with Gasteiger partial charge in [0.2, 0.25) is 5.95 Å². The number of ether oxygens (including phenoxy) is 1. The Labute approximate surface area is 189 Å². The van der Waals surface area contributed by atoms with Gasteiger partial charge in [-0.1, -0.05) is 12.1 Å². The smallest absolute Gasteiger partial charge is 0.254 e. The van der Waals surface area contributed by atoms with Crippen molar-refractivity contribution in [1.29, 1.82) is 0 Å². The second-order valence-electron chi connectivity index (χ2n) is 8.25. The molecule has 4 heterocycles. The first-order valence-corrected chi connectivity index (χ1v) is 10.5. The number of amides is 1. The Morgan fingerprint density at radius 1 is 1.18 bits per heavy atom. The van der Waals surface area contributed by atoms with Crippen LogP contribution in [-0.4, -0.2) is 48.6 Å². The van der Waals surface area contributed by atoms with Gasteiger partial charge in [-0.25, -0.2) is 9.97 Å². The van der Waals surface area contributed by atoms with Crippen LogP contribution in [0.1, 0.15) is 22.0 Å². The predicted molar refractivity (Wildman–Crippen MR) is 124 cm³/mol. The van der Waals surface area contributed by atoms with Crippen LogP contribution in [0.2, 0.25) is 0 Å². The minimum atomic E-state index is -0.175. The van der Waals surface area contributed by atoms with Crippen molar-refractivity contribution in [3.63, 3.8) is 0 Å². The number of carbonyl (C=O) groups is 1. The minimum absolute atomic E-state index is 0.0934. The molecule has 0 spiro atoms. The maximum atomic E-state index is 13.4. The Morgan fingerprint density at radius 3 is 2.88 bits per heavy atom. The number of rotatable bonds is 3. The number of hydrogen-bond acceptors (Lipinski definition) is 6. The maximum Gasteiger partial charge on any atom is 0.254 e. The number of imidazole rings is 1. The number of likely N-dealkylation sites (N-methyl/N-ethyl adjacent to an activating group) is 1. The van der Waals surface area contributed by atoms with Gasteiger partial charge in [0.15, 0.2) is 0 Å². The van der Waals surface area contributed by atoms with Crippen molar-refractivity contribution in [2.45, 2.75) is 6.04 Å². The van der Waals surface area contributed by atoms with Crippen LogP contribution in [0.5, 0.6) is 5.75 Å². The first kappa shape index (κ1) is 19.3. The molecule has 3 aromatic heterocycles. The van der Waals surface area contributed by atoms with Crippen LogP contribution in [0.15, 0.2) is 61.3 Å². The van der Waals surface area contributed by atoms with Crippen molar-refractivity contribution in [1.82, 2.24) is 29.0 Å². The molecule has 0 radical (unpaired) electrons. The van der Waals surface area contributed by atoms with Gasteiger partial charge < -0.3 is 15.4 Å². The fraction of sp³-hybridized carbons (Fsp3) is 0.167. The summed E-state index contributed by atoms with van der Waals surface area (Å²) < 4.78 is 9.44. The molecular weight excluding hydrogens is 418 g/mol. The van der Waals surface area contributed by atoms with Gasteiger partial charge in [-0.15, -0.1) is 0 Å². The lowest BCUT2D eigenvalue weighted by atomic mass is 10.0. The highest BCUT2D eigenvalue weighted by Crippen LogP contribution is 2.39. The summed E-state index contributed by atoms with van der Waals surface area (Å²) in [7, 11) is 3.69. The molecule has 164 valence electrons. The zero-order chi connectivity index (χ0) is 22.7. The van der Waals surface area contributed by atoms with Crippen LogP contribution in [0.25, 0.3) is 27.5 Å². The molecule has 2 aromatic carbocycles. The van der Waals surface area contributed by atoms with Crippen molar-refractivity contribution in [2.24, 2.45) is 7.05 Å². The van der Waals surface area contributed by atoms with E-state index in [2.05, 4.69) is 15.1 Å². The SMILES string of the molecule is CN(C(=O)c1ccc2nc(N)n3cncc3c2c1)[C@@H]1COc2cc(-c3cnn(C)c3)ccc21. The Morgan fingerprint density at radius 2 is 2.06 bits per heavy atom. The van der Waals surface area contributed by atoms with E-state index in [9.17, 15) is 4.79 Å². The molecular formula is C24H21N7O2. The number of aryl methyl sites for hydroxylation is 1. The fourth-order valence-electron chi connectivity index (χ4n) is 4.43. The first-order chi connectivity index (χ1) is 16.0. The molecule has 0 unspecified atom stereocenters. The molecule has 2 N–H and O–H groups in total. The van der Waals surface area contributed by atoms with E-state index in [1.54, 1.807) is 39.6 Å². The number of nitrogen functional groups attached to an aromatic ring is 1. The number of benzene rings is 2. The van der Waals surface area contributed by atoms with E-state index in [1.165, 1.54) is 0 Å². The lowest BCUT2D eigenvalue weighted by molar-refractivity contribution is 0.0708. The maximum absolute atomic E-state index is 13.4. The lowest BCUT2D eigenvalue weighted by Crippen LogP contribution is -2.32. The molecule has 0 aliphatic carbocycles. The van der Waals surface area contributed by atoms with Gasteiger partial charge in [0.25, 0.3) is 5.91 Å². The quantitative estimate of drug-likeness (QED) is 0.463. The molecule has 0 saturated heterocycles. The van der Waals surface area contributed by atoms with Crippen molar-refractivity contribution in [3.8, 4) is 16.9 Å². The summed E-state index contributed by atoms with van der Waals surface area (Å²) in [4.78, 5) is 23.7. The average molecular weight is 439 g/mol. The molecule has 9 nitrogen and oxygen atoms in total. The van der Waals surface area contributed by atoms with E-state index in [-0.39, 0.29) is 11.9 Å². The standard InChI is InChI=1S/C24H21N7O2/c1-29-11-16(9-27-29)14-3-5-17-21(12-33-22(17)8-14)30(2)23(32)15-4-6-19-18(7-15)20-10-26-13-31(20)24(25)28-19/h3-11,13,21H,12H2,1-2H3,(H2,25,28)/t21-/m1/s1. The number of carbonyl (C=O) groups excluding carboxylic acids is 1. The normalized spacial score (nSPS) is 15.0. The molecule has 6 rings (SSSR count). The van der Waals surface area contributed by atoms with Crippen LogP contribution in [0.4, 0.5) is 5.95 Å². The molecule has 1 aliphatic rings. The van der Waals surface area contributed by atoms with Crippen molar-refractivity contribution in [3.05, 3.63) is 72.4 Å². The number of anilines is 1. The largest absolute Gasteiger partial charge is 0.491 e. The summed E-state index contributed by atoms with van der Waals surface area (Å²) in [5, 5.41) is 5.06. The highest BCUT2D eigenvalue weighted by atomic mass is 16.5. The first-order valence-electron chi connectivity index (χ1n) is 10.5. The lowest BCUT2D eigenvalue weighted by Gasteiger charge is -2.24. The van der Waals surface area contributed by atoms with Gasteiger partial charge >= 0.3 is 0 Å². The van der Waals surface area contributed by atoms with Gasteiger partial charge in [-0.05, 0) is 29.8 Å². The summed E-state index contributed by atoms with van der Waals surface area (Å²) >= 11 is 0. The van der Waals surface area contributed by atoms with E-state index >= 15 is 0 Å². The highest BCUT2D eigenvalue weighted by Gasteiger charge is 2.31. The van der Waals surface area contributed by atoms with Gasteiger partial charge in [-0.3, -0.25) is 13.9 Å². The number of nitrogens with two attached hydrogens (primary N) is 1. The Bertz CT molecular complexity index is 1550. The highest BCUT2D eigenvalue weighted by molar-refractivity contribution is 6.02. The van der Waals surface area contributed by atoms with E-state index < -0.39 is 0 Å². The van der Waals surface area contributed by atoms with E-state index in [0.717, 1.165) is 38.9 Å². The molecule has 1 atom stereocenters. The molecule has 1 amide bonds. The molecule has 5 aromatic rings. The zero-order valence-corrected chi connectivity index (χ0v) is 18.1. The molecule has 0 saturated carbocycles. The van der Waals surface area contributed by atoms with Gasteiger partial charge in [0, 0.05) is 42.4 Å². The number of hydrogen-bond donors (Lipinski definition) is 1. The van der Waals surface area contributed by atoms with Crippen molar-refractivity contribution < 1.29 is 9.53 Å². The summed E-state index contributed by atoms with van der Waals surface area (Å²) in [6, 6.07) is 11.3. The Balaban J connectivity index is 1.32. The summed E-state index contributed by atoms with van der Waals surface area (Å²) in [6.07, 6.45) is 7.12. The van der Waals surface area contributed by atoms with Crippen molar-refractivity contribution in [2.75, 3.05) is 19.4 Å². The van der Waals surface area contributed by atoms with Crippen LogP contribution in [0, 0.1) is 0 Å². The summed E-state index contributed by atoms with van der Waals surface area (Å²) in [5.41, 5.74) is 11.2. The fourth-order valence-corrected chi connectivity index (χ4v) is 4.43. The van der Waals surface area contributed by atoms with E-state index in [0.29, 0.717) is 18.1 Å². The summed E-state index contributed by atoms with van der Waals surface area (Å²) in [5.74, 6) is 1.06. The second-order valence-corrected chi connectivity index (χ2v) is 8.25. The Kier molecular flexibility index (Phi) is 4.13. The molecule has 1 aliphatic heterocycles. The molecule has 33 heavy (non-hydrogen) atoms. The van der Waals surface area contributed by atoms with Crippen LogP contribution < -0.4 is 10.5 Å². The molecule has 0 fully saturated rings. The Hall–Kier alpha value is -4.40. The number of nitrogens with zero attached hydrogens (tertiary/aromatic N) is 6. The van der Waals surface area contributed by atoms with Crippen LogP contribution in [0.3, 0.4) is 0 Å². The summed E-state index contributed by atoms with van der Waals surface area (Å²) in [6.45, 7) is 0.409. The molecule has 9 heteroatoms. The van der Waals surface area contributed by atoms with Crippen LogP contribution in [-0.2, 0) is 7.05 Å². The average Bonchev–Trinajstić information content (AvgIpc) is 3.57. The molecule has 0 bridgehead atoms. The third-order valence-corrected chi connectivity index (χ3v) is 6.24. The van der Waals surface area contributed by atoms with Gasteiger partial charge in [0.1, 0.15) is 18.7 Å². The number of fused-ring (bicyclic) bond motifs is 4. The third-order valence-electron chi connectivity index (χ3n) is 6.24. The van der Waals surface area contributed by atoms with Crippen molar-refractivity contribution >= 4 is 28.3 Å². The number of aromatic nitrogens is 5. The predicted octanol–water partition coefficient (Wildman–Crippen LogP) is 3.07. The third kappa shape index (κ3) is 3.00. The monoisotopic (exact) mass is 439 g/mol. The zero-order valence-electron chi connectivity index (χ0n) is 18.1. The van der Waals surface area contributed by atoms with Gasteiger partial charge in [-0.2, -0.15) is 5.10 Å². The van der Waals surface area contributed by atoms with E-state index in [4.69, 9.17) is 10.5 Å². The van der Waals surface area contributed by atoms with Crippen LogP contribution >= 0.6 is 0 Å². The van der Waals surface area contributed by atoms with E-state index in [1.807, 2.05) is 49.8 Å². The minimum Gasteiger partial charge on any atom is -0.491 e. The second kappa shape index (κ2) is 7.06.